The number of carbonyl (C=O) groups excluding carboxylic acids is 1. The summed E-state index contributed by atoms with van der Waals surface area (Å²) in [6, 6.07) is 14.9. The van der Waals surface area contributed by atoms with Crippen LogP contribution in [0, 0.1) is 0 Å². The summed E-state index contributed by atoms with van der Waals surface area (Å²) in [6.45, 7) is 1.04. The Kier molecular flexibility index (Phi) is 4.04. The van der Waals surface area contributed by atoms with E-state index in [9.17, 15) is 4.79 Å². The number of benzene rings is 2. The molecule has 25 heavy (non-hydrogen) atoms. The van der Waals surface area contributed by atoms with E-state index in [0.717, 1.165) is 5.69 Å². The molecule has 4 rings (SSSR count). The monoisotopic (exact) mass is 336 g/mol. The smallest absolute Gasteiger partial charge is 0.230 e. The molecule has 3 aromatic rings. The maximum Gasteiger partial charge on any atom is 0.230 e. The van der Waals surface area contributed by atoms with Crippen molar-refractivity contribution < 1.29 is 14.3 Å². The van der Waals surface area contributed by atoms with Gasteiger partial charge in [-0.15, -0.1) is 5.10 Å². The van der Waals surface area contributed by atoms with Gasteiger partial charge in [-0.25, -0.2) is 4.68 Å². The van der Waals surface area contributed by atoms with Crippen LogP contribution in [0.1, 0.15) is 5.69 Å². The second-order valence-electron chi connectivity index (χ2n) is 5.56. The van der Waals surface area contributed by atoms with Crippen molar-refractivity contribution in [2.45, 2.75) is 6.42 Å². The van der Waals surface area contributed by atoms with Crippen LogP contribution in [-0.4, -0.2) is 34.1 Å². The molecule has 1 aliphatic heterocycles. The highest BCUT2D eigenvalue weighted by molar-refractivity contribution is 5.92. The number of anilines is 1. The molecule has 2 aromatic carbocycles. The molecule has 0 spiro atoms. The first-order valence-electron chi connectivity index (χ1n) is 7.94. The second kappa shape index (κ2) is 6.64. The molecule has 2 heterocycles. The predicted octanol–water partition coefficient (Wildman–Crippen LogP) is 2.22. The predicted molar refractivity (Wildman–Crippen MR) is 91.1 cm³/mol. The van der Waals surface area contributed by atoms with E-state index >= 15 is 0 Å². The summed E-state index contributed by atoms with van der Waals surface area (Å²) in [6.07, 6.45) is 1.76. The molecule has 0 saturated heterocycles. The lowest BCUT2D eigenvalue weighted by molar-refractivity contribution is -0.115. The number of nitrogens with zero attached hydrogens (tertiary/aromatic N) is 3. The Morgan fingerprint density at radius 3 is 2.72 bits per heavy atom. The number of aromatic nitrogens is 3. The molecule has 0 fully saturated rings. The molecule has 1 N–H and O–H groups in total. The molecule has 0 aliphatic carbocycles. The molecule has 126 valence electrons. The first-order chi connectivity index (χ1) is 12.3. The number of nitrogens with one attached hydrogen (secondary N) is 1. The average Bonchev–Trinajstić information content (AvgIpc) is 3.10. The van der Waals surface area contributed by atoms with Crippen molar-refractivity contribution in [3.8, 4) is 17.2 Å². The van der Waals surface area contributed by atoms with Gasteiger partial charge in [-0.2, -0.15) is 0 Å². The van der Waals surface area contributed by atoms with Gasteiger partial charge in [-0.3, -0.25) is 4.79 Å². The van der Waals surface area contributed by atoms with Crippen LogP contribution in [0.25, 0.3) is 5.69 Å². The number of hydrogen-bond donors (Lipinski definition) is 1. The van der Waals surface area contributed by atoms with Crippen LogP contribution in [-0.2, 0) is 11.2 Å². The zero-order chi connectivity index (χ0) is 17.1. The number of fused-ring (bicyclic) bond motifs is 1. The summed E-state index contributed by atoms with van der Waals surface area (Å²) in [5.74, 6) is 1.17. The van der Waals surface area contributed by atoms with Gasteiger partial charge >= 0.3 is 0 Å². The number of ether oxygens (including phenoxy) is 2. The minimum Gasteiger partial charge on any atom is -0.486 e. The number of carbonyl (C=O) groups is 1. The zero-order valence-corrected chi connectivity index (χ0v) is 13.4. The van der Waals surface area contributed by atoms with Crippen molar-refractivity contribution in [1.82, 2.24) is 15.0 Å². The summed E-state index contributed by atoms with van der Waals surface area (Å²) in [7, 11) is 0. The van der Waals surface area contributed by atoms with Crippen LogP contribution in [0.3, 0.4) is 0 Å². The van der Waals surface area contributed by atoms with E-state index in [1.165, 1.54) is 0 Å². The standard InChI is InChI=1S/C18H16N4O3/c23-18(20-13-6-7-16-17(10-13)25-9-8-24-16)11-15-12-19-21-22(15)14-4-2-1-3-5-14/h1-7,10,12H,8-9,11H2,(H,20,23). The highest BCUT2D eigenvalue weighted by atomic mass is 16.6. The Morgan fingerprint density at radius 2 is 1.88 bits per heavy atom. The van der Waals surface area contributed by atoms with Crippen molar-refractivity contribution in [2.24, 2.45) is 0 Å². The first-order valence-corrected chi connectivity index (χ1v) is 7.94. The van der Waals surface area contributed by atoms with Crippen LogP contribution >= 0.6 is 0 Å². The summed E-state index contributed by atoms with van der Waals surface area (Å²) >= 11 is 0. The van der Waals surface area contributed by atoms with Gasteiger partial charge in [-0.05, 0) is 24.3 Å². The Labute approximate surface area is 144 Å². The third kappa shape index (κ3) is 3.30. The summed E-state index contributed by atoms with van der Waals surface area (Å²) in [4.78, 5) is 12.4. The van der Waals surface area contributed by atoms with E-state index in [-0.39, 0.29) is 12.3 Å². The van der Waals surface area contributed by atoms with E-state index in [1.54, 1.807) is 29.1 Å². The lowest BCUT2D eigenvalue weighted by atomic mass is 10.2. The minimum atomic E-state index is -0.156. The normalized spacial score (nSPS) is 12.6. The van der Waals surface area contributed by atoms with E-state index in [2.05, 4.69) is 15.6 Å². The third-order valence-electron chi connectivity index (χ3n) is 3.79. The van der Waals surface area contributed by atoms with Gasteiger partial charge in [0.2, 0.25) is 5.91 Å². The Morgan fingerprint density at radius 1 is 1.08 bits per heavy atom. The average molecular weight is 336 g/mol. The summed E-state index contributed by atoms with van der Waals surface area (Å²) in [5, 5.41) is 10.8. The van der Waals surface area contributed by atoms with E-state index in [4.69, 9.17) is 9.47 Å². The van der Waals surface area contributed by atoms with E-state index in [0.29, 0.717) is 36.1 Å². The topological polar surface area (TPSA) is 78.3 Å². The molecule has 1 aromatic heterocycles. The van der Waals surface area contributed by atoms with Gasteiger partial charge in [0.05, 0.1) is 24.0 Å². The maximum atomic E-state index is 12.4. The van der Waals surface area contributed by atoms with Crippen molar-refractivity contribution in [1.29, 1.82) is 0 Å². The third-order valence-corrected chi connectivity index (χ3v) is 3.79. The highest BCUT2D eigenvalue weighted by Gasteiger charge is 2.14. The molecule has 0 saturated carbocycles. The molecule has 0 radical (unpaired) electrons. The lowest BCUT2D eigenvalue weighted by Crippen LogP contribution is -2.18. The van der Waals surface area contributed by atoms with Crippen LogP contribution in [0.5, 0.6) is 11.5 Å². The SMILES string of the molecule is O=C(Cc1cnnn1-c1ccccc1)Nc1ccc2c(c1)OCCO2. The molecule has 1 amide bonds. The molecule has 0 bridgehead atoms. The number of para-hydroxylation sites is 1. The summed E-state index contributed by atoms with van der Waals surface area (Å²) in [5.41, 5.74) is 2.23. The van der Waals surface area contributed by atoms with Gasteiger partial charge < -0.3 is 14.8 Å². The van der Waals surface area contributed by atoms with Gasteiger partial charge in [0, 0.05) is 11.8 Å². The molecule has 7 heteroatoms. The lowest BCUT2D eigenvalue weighted by Gasteiger charge is -2.19. The Bertz CT molecular complexity index is 892. The van der Waals surface area contributed by atoms with Crippen LogP contribution < -0.4 is 14.8 Å². The van der Waals surface area contributed by atoms with E-state index in [1.807, 2.05) is 30.3 Å². The molecular weight excluding hydrogens is 320 g/mol. The Balaban J connectivity index is 1.48. The zero-order valence-electron chi connectivity index (χ0n) is 13.4. The van der Waals surface area contributed by atoms with Crippen molar-refractivity contribution in [3.05, 3.63) is 60.4 Å². The quantitative estimate of drug-likeness (QED) is 0.790. The fourth-order valence-electron chi connectivity index (χ4n) is 2.65. The number of amides is 1. The van der Waals surface area contributed by atoms with E-state index < -0.39 is 0 Å². The molecule has 0 atom stereocenters. The van der Waals surface area contributed by atoms with Gasteiger partial charge in [-0.1, -0.05) is 23.4 Å². The van der Waals surface area contributed by atoms with Gasteiger partial charge in [0.1, 0.15) is 13.2 Å². The molecule has 1 aliphatic rings. The number of hydrogen-bond acceptors (Lipinski definition) is 5. The van der Waals surface area contributed by atoms with Crippen LogP contribution in [0.4, 0.5) is 5.69 Å². The van der Waals surface area contributed by atoms with Gasteiger partial charge in [0.25, 0.3) is 0 Å². The van der Waals surface area contributed by atoms with Crippen molar-refractivity contribution in [3.63, 3.8) is 0 Å². The minimum absolute atomic E-state index is 0.156. The summed E-state index contributed by atoms with van der Waals surface area (Å²) < 4.78 is 12.7. The van der Waals surface area contributed by atoms with Gasteiger partial charge in [0.15, 0.2) is 11.5 Å². The first kappa shape index (κ1) is 15.2. The van der Waals surface area contributed by atoms with Crippen LogP contribution in [0.15, 0.2) is 54.7 Å². The molecular formula is C18H16N4O3. The largest absolute Gasteiger partial charge is 0.486 e. The fourth-order valence-corrected chi connectivity index (χ4v) is 2.65. The second-order valence-corrected chi connectivity index (χ2v) is 5.56. The molecule has 0 unspecified atom stereocenters. The molecule has 7 nitrogen and oxygen atoms in total. The maximum absolute atomic E-state index is 12.4. The fraction of sp³-hybridized carbons (Fsp3) is 0.167. The van der Waals surface area contributed by atoms with Crippen LogP contribution in [0.2, 0.25) is 0 Å². The van der Waals surface area contributed by atoms with Crippen molar-refractivity contribution in [2.75, 3.05) is 18.5 Å². The van der Waals surface area contributed by atoms with Crippen molar-refractivity contribution >= 4 is 11.6 Å². The Hall–Kier alpha value is -3.35. The highest BCUT2D eigenvalue weighted by Crippen LogP contribution is 2.32. The number of rotatable bonds is 4.